The summed E-state index contributed by atoms with van der Waals surface area (Å²) in [6, 6.07) is 1.65. The summed E-state index contributed by atoms with van der Waals surface area (Å²) in [6.07, 6.45) is -3.22. The molecule has 0 bridgehead atoms. The molecule has 1 heterocycles. The van der Waals surface area contributed by atoms with E-state index in [4.69, 9.17) is 10.5 Å². The van der Waals surface area contributed by atoms with Crippen LogP contribution in [0.5, 0.6) is 0 Å². The highest BCUT2D eigenvalue weighted by Gasteiger charge is 2.33. The van der Waals surface area contributed by atoms with Crippen LogP contribution < -0.4 is 5.73 Å². The Balaban J connectivity index is 2.27. The topological polar surface area (TPSA) is 35.2 Å². The fourth-order valence-electron chi connectivity index (χ4n) is 2.30. The lowest BCUT2D eigenvalue weighted by Crippen LogP contribution is -2.28. The van der Waals surface area contributed by atoms with Crippen molar-refractivity contribution in [2.45, 2.75) is 25.1 Å². The number of ether oxygens (including phenoxy) is 1. The minimum absolute atomic E-state index is 0.0493. The van der Waals surface area contributed by atoms with Gasteiger partial charge in [0.05, 0.1) is 5.56 Å². The number of alkyl halides is 3. The second-order valence-electron chi connectivity index (χ2n) is 4.71. The Morgan fingerprint density at radius 3 is 2.42 bits per heavy atom. The Morgan fingerprint density at radius 1 is 1.21 bits per heavy atom. The first-order chi connectivity index (χ1) is 8.89. The van der Waals surface area contributed by atoms with Gasteiger partial charge in [0.15, 0.2) is 0 Å². The van der Waals surface area contributed by atoms with E-state index in [9.17, 15) is 17.6 Å². The van der Waals surface area contributed by atoms with Gasteiger partial charge in [0, 0.05) is 24.8 Å². The van der Waals surface area contributed by atoms with Gasteiger partial charge >= 0.3 is 6.18 Å². The normalized spacial score (nSPS) is 19.4. The molecule has 0 aromatic heterocycles. The Bertz CT molecular complexity index is 441. The van der Waals surface area contributed by atoms with Gasteiger partial charge in [-0.3, -0.25) is 0 Å². The highest BCUT2D eigenvalue weighted by molar-refractivity contribution is 5.29. The lowest BCUT2D eigenvalue weighted by atomic mass is 9.87. The Kier molecular flexibility index (Phi) is 4.10. The summed E-state index contributed by atoms with van der Waals surface area (Å²) in [5.74, 6) is -0.737. The maximum atomic E-state index is 13.7. The highest BCUT2D eigenvalue weighted by Crippen LogP contribution is 2.34. The van der Waals surface area contributed by atoms with Crippen LogP contribution in [0.2, 0.25) is 0 Å². The van der Waals surface area contributed by atoms with Gasteiger partial charge < -0.3 is 10.5 Å². The van der Waals surface area contributed by atoms with E-state index in [0.717, 1.165) is 18.2 Å². The van der Waals surface area contributed by atoms with Crippen molar-refractivity contribution < 1.29 is 22.3 Å². The molecule has 106 valence electrons. The standard InChI is InChI=1S/C13H15F4NO/c14-11-2-1-9(13(15,16)17)7-10(11)12(18)8-3-5-19-6-4-8/h1-2,7-8,12H,3-6,18H2/t12-/m0/s1. The molecule has 1 atom stereocenters. The van der Waals surface area contributed by atoms with E-state index < -0.39 is 23.6 Å². The van der Waals surface area contributed by atoms with Gasteiger partial charge in [0.2, 0.25) is 0 Å². The van der Waals surface area contributed by atoms with Gasteiger partial charge in [-0.2, -0.15) is 13.2 Å². The monoisotopic (exact) mass is 277 g/mol. The molecule has 0 aliphatic carbocycles. The second kappa shape index (κ2) is 5.46. The number of hydrogen-bond donors (Lipinski definition) is 1. The van der Waals surface area contributed by atoms with Crippen LogP contribution in [0.4, 0.5) is 17.6 Å². The highest BCUT2D eigenvalue weighted by atomic mass is 19.4. The van der Waals surface area contributed by atoms with E-state index in [0.29, 0.717) is 26.1 Å². The van der Waals surface area contributed by atoms with Crippen molar-refractivity contribution in [2.75, 3.05) is 13.2 Å². The van der Waals surface area contributed by atoms with E-state index in [1.165, 1.54) is 0 Å². The Morgan fingerprint density at radius 2 is 1.84 bits per heavy atom. The molecule has 0 spiro atoms. The first kappa shape index (κ1) is 14.3. The number of halogens is 4. The average Bonchev–Trinajstić information content (AvgIpc) is 2.38. The van der Waals surface area contributed by atoms with Crippen LogP contribution in [0, 0.1) is 11.7 Å². The third-order valence-corrected chi connectivity index (χ3v) is 3.46. The van der Waals surface area contributed by atoms with Gasteiger partial charge in [-0.05, 0) is 37.0 Å². The van der Waals surface area contributed by atoms with Crippen LogP contribution in [0.3, 0.4) is 0 Å². The van der Waals surface area contributed by atoms with Crippen molar-refractivity contribution in [1.29, 1.82) is 0 Å². The molecule has 1 fully saturated rings. The number of hydrogen-bond acceptors (Lipinski definition) is 2. The molecule has 0 amide bonds. The fraction of sp³-hybridized carbons (Fsp3) is 0.538. The molecule has 2 nitrogen and oxygen atoms in total. The van der Waals surface area contributed by atoms with Crippen molar-refractivity contribution in [3.63, 3.8) is 0 Å². The molecule has 0 radical (unpaired) electrons. The molecule has 1 aliphatic rings. The summed E-state index contributed by atoms with van der Waals surface area (Å²) < 4.78 is 56.7. The molecular formula is C13H15F4NO. The average molecular weight is 277 g/mol. The van der Waals surface area contributed by atoms with Crippen LogP contribution in [-0.4, -0.2) is 13.2 Å². The molecular weight excluding hydrogens is 262 g/mol. The SMILES string of the molecule is N[C@H](c1cc(C(F)(F)F)ccc1F)C1CCOCC1. The van der Waals surface area contributed by atoms with Crippen molar-refractivity contribution in [3.8, 4) is 0 Å². The molecule has 2 N–H and O–H groups in total. The lowest BCUT2D eigenvalue weighted by Gasteiger charge is -2.28. The summed E-state index contributed by atoms with van der Waals surface area (Å²) in [4.78, 5) is 0. The molecule has 6 heteroatoms. The van der Waals surface area contributed by atoms with E-state index in [2.05, 4.69) is 0 Å². The van der Waals surface area contributed by atoms with Crippen molar-refractivity contribution in [2.24, 2.45) is 11.7 Å². The largest absolute Gasteiger partial charge is 0.416 e. The zero-order valence-corrected chi connectivity index (χ0v) is 10.2. The van der Waals surface area contributed by atoms with Crippen LogP contribution >= 0.6 is 0 Å². The number of benzene rings is 1. The van der Waals surface area contributed by atoms with Crippen LogP contribution in [0.15, 0.2) is 18.2 Å². The van der Waals surface area contributed by atoms with Crippen LogP contribution in [0.25, 0.3) is 0 Å². The molecule has 1 saturated heterocycles. The summed E-state index contributed by atoms with van der Waals surface area (Å²) in [5, 5.41) is 0. The minimum Gasteiger partial charge on any atom is -0.381 e. The third kappa shape index (κ3) is 3.25. The van der Waals surface area contributed by atoms with E-state index in [1.807, 2.05) is 0 Å². The summed E-state index contributed by atoms with van der Waals surface area (Å²) in [5.41, 5.74) is 4.98. The van der Waals surface area contributed by atoms with Gasteiger partial charge in [-0.1, -0.05) is 0 Å². The minimum atomic E-state index is -4.49. The molecule has 1 aliphatic heterocycles. The Hall–Kier alpha value is -1.14. The maximum Gasteiger partial charge on any atom is 0.416 e. The fourth-order valence-corrected chi connectivity index (χ4v) is 2.30. The molecule has 1 aromatic rings. The molecule has 0 saturated carbocycles. The van der Waals surface area contributed by atoms with Gasteiger partial charge in [0.1, 0.15) is 5.82 Å². The van der Waals surface area contributed by atoms with Gasteiger partial charge in [-0.25, -0.2) is 4.39 Å². The van der Waals surface area contributed by atoms with E-state index in [-0.39, 0.29) is 11.5 Å². The maximum absolute atomic E-state index is 13.7. The predicted octanol–water partition coefficient (Wildman–Crippen LogP) is 3.27. The molecule has 1 aromatic carbocycles. The van der Waals surface area contributed by atoms with E-state index in [1.54, 1.807) is 0 Å². The first-order valence-electron chi connectivity index (χ1n) is 6.09. The van der Waals surface area contributed by atoms with Gasteiger partial charge in [-0.15, -0.1) is 0 Å². The zero-order valence-electron chi connectivity index (χ0n) is 10.2. The Labute approximate surface area is 108 Å². The van der Waals surface area contributed by atoms with E-state index >= 15 is 0 Å². The number of rotatable bonds is 2. The number of nitrogens with two attached hydrogens (primary N) is 1. The third-order valence-electron chi connectivity index (χ3n) is 3.46. The predicted molar refractivity (Wildman–Crippen MR) is 61.9 cm³/mol. The lowest BCUT2D eigenvalue weighted by molar-refractivity contribution is -0.137. The molecule has 19 heavy (non-hydrogen) atoms. The molecule has 2 rings (SSSR count). The quantitative estimate of drug-likeness (QED) is 0.842. The summed E-state index contributed by atoms with van der Waals surface area (Å²) in [6.45, 7) is 1.03. The zero-order chi connectivity index (χ0) is 14.0. The van der Waals surface area contributed by atoms with Gasteiger partial charge in [0.25, 0.3) is 0 Å². The first-order valence-corrected chi connectivity index (χ1v) is 6.09. The van der Waals surface area contributed by atoms with Crippen molar-refractivity contribution in [3.05, 3.63) is 35.1 Å². The smallest absolute Gasteiger partial charge is 0.381 e. The van der Waals surface area contributed by atoms with Crippen molar-refractivity contribution >= 4 is 0 Å². The van der Waals surface area contributed by atoms with Crippen LogP contribution in [0.1, 0.15) is 30.0 Å². The van der Waals surface area contributed by atoms with Crippen molar-refractivity contribution in [1.82, 2.24) is 0 Å². The van der Waals surface area contributed by atoms with Crippen LogP contribution in [-0.2, 0) is 10.9 Å². The second-order valence-corrected chi connectivity index (χ2v) is 4.71. The summed E-state index contributed by atoms with van der Waals surface area (Å²) in [7, 11) is 0. The summed E-state index contributed by atoms with van der Waals surface area (Å²) >= 11 is 0. The molecule has 0 unspecified atom stereocenters.